The molecule has 1 heterocycles. The zero-order chi connectivity index (χ0) is 17.1. The van der Waals surface area contributed by atoms with Gasteiger partial charge in [0.1, 0.15) is 5.52 Å². The number of anilines is 2. The number of carbonyl (C=O) groups is 1. The Hall–Kier alpha value is -2.93. The van der Waals surface area contributed by atoms with Crippen LogP contribution in [-0.4, -0.2) is 46.2 Å². The van der Waals surface area contributed by atoms with Crippen molar-refractivity contribution in [1.82, 2.24) is 15.0 Å². The highest BCUT2D eigenvalue weighted by Crippen LogP contribution is 2.18. The highest BCUT2D eigenvalue weighted by Gasteiger charge is 2.10. The Morgan fingerprint density at radius 1 is 1.25 bits per heavy atom. The molecule has 24 heavy (non-hydrogen) atoms. The predicted octanol–water partition coefficient (Wildman–Crippen LogP) is 1.65. The van der Waals surface area contributed by atoms with E-state index in [1.165, 1.54) is 0 Å². The average Bonchev–Trinajstić information content (AvgIpc) is 2.96. The quantitative estimate of drug-likeness (QED) is 0.745. The minimum absolute atomic E-state index is 0.0971. The molecule has 1 aromatic heterocycles. The summed E-state index contributed by atoms with van der Waals surface area (Å²) in [6, 6.07) is 12.8. The summed E-state index contributed by atoms with van der Waals surface area (Å²) in [5.74, 6) is -0.195. The van der Waals surface area contributed by atoms with Gasteiger partial charge in [0, 0.05) is 37.6 Å². The normalized spacial score (nSPS) is 10.8. The molecule has 0 aliphatic carbocycles. The van der Waals surface area contributed by atoms with Crippen LogP contribution in [0.3, 0.4) is 0 Å². The first-order valence-corrected chi connectivity index (χ1v) is 7.61. The molecule has 0 atom stereocenters. The summed E-state index contributed by atoms with van der Waals surface area (Å²) in [7, 11) is 3.71. The van der Waals surface area contributed by atoms with Crippen molar-refractivity contribution in [2.24, 2.45) is 7.05 Å². The van der Waals surface area contributed by atoms with Crippen LogP contribution in [-0.2, 0) is 7.05 Å². The van der Waals surface area contributed by atoms with Gasteiger partial charge in [-0.2, -0.15) is 0 Å². The van der Waals surface area contributed by atoms with E-state index < -0.39 is 0 Å². The SMILES string of the molecule is CN(CCO)c1ccc(NC(=O)c2ccc3c(c2)nnn3C)cc1. The lowest BCUT2D eigenvalue weighted by Crippen LogP contribution is -2.21. The largest absolute Gasteiger partial charge is 0.395 e. The van der Waals surface area contributed by atoms with Gasteiger partial charge in [-0.15, -0.1) is 5.10 Å². The molecule has 0 aliphatic rings. The van der Waals surface area contributed by atoms with Gasteiger partial charge in [-0.25, -0.2) is 4.68 Å². The van der Waals surface area contributed by atoms with E-state index in [2.05, 4.69) is 15.6 Å². The first-order chi connectivity index (χ1) is 11.6. The standard InChI is InChI=1S/C17H19N5O2/c1-21(9-10-23)14-6-4-13(5-7-14)18-17(24)12-3-8-16-15(11-12)19-20-22(16)2/h3-8,11,23H,9-10H2,1-2H3,(H,18,24). The summed E-state index contributed by atoms with van der Waals surface area (Å²) in [6.45, 7) is 0.656. The van der Waals surface area contributed by atoms with Gasteiger partial charge in [0.05, 0.1) is 12.1 Å². The van der Waals surface area contributed by atoms with Gasteiger partial charge >= 0.3 is 0 Å². The van der Waals surface area contributed by atoms with Gasteiger partial charge in [0.2, 0.25) is 0 Å². The molecule has 0 unspecified atom stereocenters. The summed E-state index contributed by atoms with van der Waals surface area (Å²) < 4.78 is 1.67. The second-order valence-electron chi connectivity index (χ2n) is 5.56. The summed E-state index contributed by atoms with van der Waals surface area (Å²) in [5.41, 5.74) is 3.78. The second kappa shape index (κ2) is 6.67. The molecule has 2 aromatic carbocycles. The van der Waals surface area contributed by atoms with Crippen molar-refractivity contribution in [3.63, 3.8) is 0 Å². The zero-order valence-electron chi connectivity index (χ0n) is 13.6. The lowest BCUT2D eigenvalue weighted by Gasteiger charge is -2.18. The van der Waals surface area contributed by atoms with E-state index in [0.717, 1.165) is 11.2 Å². The molecule has 2 N–H and O–H groups in total. The third-order valence-corrected chi connectivity index (χ3v) is 3.87. The fourth-order valence-electron chi connectivity index (χ4n) is 2.46. The van der Waals surface area contributed by atoms with Crippen molar-refractivity contribution in [2.75, 3.05) is 30.4 Å². The van der Waals surface area contributed by atoms with Crippen molar-refractivity contribution in [3.05, 3.63) is 48.0 Å². The van der Waals surface area contributed by atoms with E-state index in [-0.39, 0.29) is 12.5 Å². The molecule has 0 radical (unpaired) electrons. The number of nitrogens with zero attached hydrogens (tertiary/aromatic N) is 4. The van der Waals surface area contributed by atoms with Crippen LogP contribution in [0.15, 0.2) is 42.5 Å². The van der Waals surface area contributed by atoms with E-state index in [1.54, 1.807) is 16.8 Å². The van der Waals surface area contributed by atoms with Gasteiger partial charge in [-0.3, -0.25) is 4.79 Å². The highest BCUT2D eigenvalue weighted by molar-refractivity contribution is 6.05. The maximum absolute atomic E-state index is 12.4. The van der Waals surface area contributed by atoms with Crippen molar-refractivity contribution < 1.29 is 9.90 Å². The van der Waals surface area contributed by atoms with Gasteiger partial charge in [-0.1, -0.05) is 5.21 Å². The van der Waals surface area contributed by atoms with Crippen molar-refractivity contribution in [3.8, 4) is 0 Å². The minimum Gasteiger partial charge on any atom is -0.395 e. The smallest absolute Gasteiger partial charge is 0.255 e. The van der Waals surface area contributed by atoms with Crippen LogP contribution in [0.5, 0.6) is 0 Å². The summed E-state index contributed by atoms with van der Waals surface area (Å²) in [6.07, 6.45) is 0. The maximum Gasteiger partial charge on any atom is 0.255 e. The topological polar surface area (TPSA) is 83.3 Å². The fourth-order valence-corrected chi connectivity index (χ4v) is 2.46. The van der Waals surface area contributed by atoms with Crippen LogP contribution in [0, 0.1) is 0 Å². The van der Waals surface area contributed by atoms with Gasteiger partial charge < -0.3 is 15.3 Å². The summed E-state index contributed by atoms with van der Waals surface area (Å²) in [5, 5.41) is 19.8. The van der Waals surface area contributed by atoms with Crippen LogP contribution in [0.1, 0.15) is 10.4 Å². The van der Waals surface area contributed by atoms with Crippen LogP contribution in [0.2, 0.25) is 0 Å². The van der Waals surface area contributed by atoms with Crippen LogP contribution in [0.25, 0.3) is 11.0 Å². The molecule has 124 valence electrons. The summed E-state index contributed by atoms with van der Waals surface area (Å²) in [4.78, 5) is 14.3. The third-order valence-electron chi connectivity index (χ3n) is 3.87. The Labute approximate surface area is 139 Å². The highest BCUT2D eigenvalue weighted by atomic mass is 16.3. The number of aliphatic hydroxyl groups is 1. The number of fused-ring (bicyclic) bond motifs is 1. The maximum atomic E-state index is 12.4. The molecular weight excluding hydrogens is 306 g/mol. The van der Waals surface area contributed by atoms with Gasteiger partial charge in [0.15, 0.2) is 0 Å². The van der Waals surface area contributed by atoms with E-state index in [0.29, 0.717) is 23.3 Å². The third kappa shape index (κ3) is 3.21. The van der Waals surface area contributed by atoms with Crippen LogP contribution >= 0.6 is 0 Å². The second-order valence-corrected chi connectivity index (χ2v) is 5.56. The molecule has 7 heteroatoms. The predicted molar refractivity (Wildman–Crippen MR) is 93.3 cm³/mol. The number of aliphatic hydroxyl groups excluding tert-OH is 1. The minimum atomic E-state index is -0.195. The lowest BCUT2D eigenvalue weighted by molar-refractivity contribution is 0.102. The van der Waals surface area contributed by atoms with E-state index in [1.807, 2.05) is 49.3 Å². The fraction of sp³-hybridized carbons (Fsp3) is 0.235. The molecule has 3 rings (SSSR count). The number of hydrogen-bond donors (Lipinski definition) is 2. The average molecular weight is 325 g/mol. The van der Waals surface area contributed by atoms with Crippen LogP contribution in [0.4, 0.5) is 11.4 Å². The molecule has 7 nitrogen and oxygen atoms in total. The first kappa shape index (κ1) is 15.9. The Balaban J connectivity index is 1.73. The Morgan fingerprint density at radius 3 is 2.71 bits per heavy atom. The van der Waals surface area contributed by atoms with E-state index in [9.17, 15) is 4.79 Å². The number of likely N-dealkylation sites (N-methyl/N-ethyl adjacent to an activating group) is 1. The number of carbonyl (C=O) groups excluding carboxylic acids is 1. The van der Waals surface area contributed by atoms with Crippen molar-refractivity contribution >= 4 is 28.3 Å². The monoisotopic (exact) mass is 325 g/mol. The number of benzene rings is 2. The van der Waals surface area contributed by atoms with Crippen LogP contribution < -0.4 is 10.2 Å². The number of aromatic nitrogens is 3. The summed E-state index contributed by atoms with van der Waals surface area (Å²) >= 11 is 0. The molecule has 0 saturated carbocycles. The number of rotatable bonds is 5. The Morgan fingerprint density at radius 2 is 2.00 bits per heavy atom. The number of nitrogens with one attached hydrogen (secondary N) is 1. The molecule has 0 aliphatic heterocycles. The number of hydrogen-bond acceptors (Lipinski definition) is 5. The molecule has 3 aromatic rings. The van der Waals surface area contributed by atoms with Gasteiger partial charge in [0.25, 0.3) is 5.91 Å². The lowest BCUT2D eigenvalue weighted by atomic mass is 10.1. The van der Waals surface area contributed by atoms with Gasteiger partial charge in [-0.05, 0) is 42.5 Å². The first-order valence-electron chi connectivity index (χ1n) is 7.61. The molecule has 0 spiro atoms. The molecule has 0 fully saturated rings. The molecular formula is C17H19N5O2. The van der Waals surface area contributed by atoms with Crippen molar-refractivity contribution in [1.29, 1.82) is 0 Å². The van der Waals surface area contributed by atoms with Crippen molar-refractivity contribution in [2.45, 2.75) is 0 Å². The number of amides is 1. The zero-order valence-corrected chi connectivity index (χ0v) is 13.6. The Bertz CT molecular complexity index is 857. The van der Waals surface area contributed by atoms with E-state index >= 15 is 0 Å². The molecule has 0 bridgehead atoms. The van der Waals surface area contributed by atoms with E-state index in [4.69, 9.17) is 5.11 Å². The Kier molecular flexibility index (Phi) is 4.43. The molecule has 0 saturated heterocycles. The number of aryl methyl sites for hydroxylation is 1. The molecule has 1 amide bonds.